The van der Waals surface area contributed by atoms with Gasteiger partial charge in [0.15, 0.2) is 29.1 Å². The first-order valence-electron chi connectivity index (χ1n) is 5.75. The third-order valence-corrected chi connectivity index (χ3v) is 2.73. The number of rotatable bonds is 5. The smallest absolute Gasteiger partial charge is 0.194 e. The lowest BCUT2D eigenvalue weighted by molar-refractivity contribution is 0.183. The molecule has 0 unspecified atom stereocenters. The van der Waals surface area contributed by atoms with Gasteiger partial charge in [0.1, 0.15) is 6.61 Å². The maximum absolute atomic E-state index is 13.3. The van der Waals surface area contributed by atoms with E-state index in [1.165, 1.54) is 11.7 Å². The Bertz CT molecular complexity index is 593. The first-order valence-corrected chi connectivity index (χ1v) is 5.75. The summed E-state index contributed by atoms with van der Waals surface area (Å²) in [7, 11) is 1.49. The van der Waals surface area contributed by atoms with Crippen molar-refractivity contribution in [3.05, 3.63) is 35.4 Å². The van der Waals surface area contributed by atoms with Gasteiger partial charge >= 0.3 is 0 Å². The normalized spacial score (nSPS) is 11.1. The van der Waals surface area contributed by atoms with Crippen LogP contribution in [0, 0.1) is 17.5 Å². The van der Waals surface area contributed by atoms with Gasteiger partial charge in [0.05, 0.1) is 6.61 Å². The van der Waals surface area contributed by atoms with Crippen molar-refractivity contribution < 1.29 is 23.0 Å². The zero-order chi connectivity index (χ0) is 14.7. The van der Waals surface area contributed by atoms with Crippen LogP contribution in [0.3, 0.4) is 0 Å². The molecule has 0 saturated carbocycles. The zero-order valence-corrected chi connectivity index (χ0v) is 10.6. The molecule has 0 aliphatic carbocycles. The number of aromatic nitrogens is 3. The molecule has 20 heavy (non-hydrogen) atoms. The van der Waals surface area contributed by atoms with Gasteiger partial charge in [-0.15, -0.1) is 10.2 Å². The summed E-state index contributed by atoms with van der Waals surface area (Å²) in [6.07, 6.45) is 0. The van der Waals surface area contributed by atoms with Crippen LogP contribution in [0.15, 0.2) is 12.1 Å². The minimum absolute atomic E-state index is 0.0321. The molecule has 0 saturated heterocycles. The van der Waals surface area contributed by atoms with Crippen LogP contribution >= 0.6 is 0 Å². The molecule has 2 rings (SSSR count). The Morgan fingerprint density at radius 1 is 1.20 bits per heavy atom. The monoisotopic (exact) mass is 287 g/mol. The number of ether oxygens (including phenoxy) is 1. The molecule has 0 aliphatic rings. The van der Waals surface area contributed by atoms with Gasteiger partial charge in [0, 0.05) is 19.2 Å². The quantitative estimate of drug-likeness (QED) is 0.847. The van der Waals surface area contributed by atoms with Crippen LogP contribution in [-0.2, 0) is 17.9 Å². The molecule has 108 valence electrons. The molecule has 0 atom stereocenters. The number of benzene rings is 1. The summed E-state index contributed by atoms with van der Waals surface area (Å²) in [5.41, 5.74) is 0.0321. The molecule has 2 aromatic rings. The molecule has 5 nitrogen and oxygen atoms in total. The fraction of sp³-hybridized carbons (Fsp3) is 0.333. The Morgan fingerprint density at radius 2 is 1.85 bits per heavy atom. The third kappa shape index (κ3) is 2.66. The average molecular weight is 287 g/mol. The summed E-state index contributed by atoms with van der Waals surface area (Å²) in [4.78, 5) is 0. The summed E-state index contributed by atoms with van der Waals surface area (Å²) in [5.74, 6) is -3.82. The lowest BCUT2D eigenvalue weighted by atomic mass is 10.2. The van der Waals surface area contributed by atoms with E-state index >= 15 is 0 Å². The first kappa shape index (κ1) is 14.5. The van der Waals surface area contributed by atoms with Crippen molar-refractivity contribution >= 4 is 0 Å². The van der Waals surface area contributed by atoms with E-state index < -0.39 is 17.5 Å². The highest BCUT2D eigenvalue weighted by Crippen LogP contribution is 2.23. The second-order valence-electron chi connectivity index (χ2n) is 4.00. The molecule has 0 aliphatic heterocycles. The Kier molecular flexibility index (Phi) is 4.35. The lowest BCUT2D eigenvalue weighted by Crippen LogP contribution is -2.10. The van der Waals surface area contributed by atoms with Crippen LogP contribution in [0.5, 0.6) is 0 Å². The van der Waals surface area contributed by atoms with E-state index in [-0.39, 0.29) is 30.4 Å². The summed E-state index contributed by atoms with van der Waals surface area (Å²) in [5, 5.41) is 16.6. The highest BCUT2D eigenvalue weighted by atomic mass is 19.2. The van der Waals surface area contributed by atoms with Crippen molar-refractivity contribution in [1.82, 2.24) is 14.8 Å². The van der Waals surface area contributed by atoms with Gasteiger partial charge in [0.25, 0.3) is 0 Å². The summed E-state index contributed by atoms with van der Waals surface area (Å²) < 4.78 is 45.8. The molecular weight excluding hydrogens is 275 g/mol. The molecule has 1 aromatic heterocycles. The molecule has 1 aromatic carbocycles. The van der Waals surface area contributed by atoms with Gasteiger partial charge in [-0.05, 0) is 12.1 Å². The number of hydrogen-bond donors (Lipinski definition) is 1. The van der Waals surface area contributed by atoms with Crippen molar-refractivity contribution in [3.8, 4) is 11.4 Å². The minimum atomic E-state index is -1.54. The highest BCUT2D eigenvalue weighted by molar-refractivity contribution is 5.55. The Hall–Kier alpha value is -1.93. The van der Waals surface area contributed by atoms with E-state index in [1.54, 1.807) is 0 Å². The summed E-state index contributed by atoms with van der Waals surface area (Å²) in [6.45, 7) is 0.197. The number of aliphatic hydroxyl groups excluding tert-OH is 1. The van der Waals surface area contributed by atoms with Gasteiger partial charge in [-0.25, -0.2) is 13.2 Å². The van der Waals surface area contributed by atoms with Crippen LogP contribution in [0.4, 0.5) is 13.2 Å². The van der Waals surface area contributed by atoms with E-state index in [0.29, 0.717) is 6.61 Å². The maximum atomic E-state index is 13.3. The second-order valence-corrected chi connectivity index (χ2v) is 4.00. The maximum Gasteiger partial charge on any atom is 0.194 e. The largest absolute Gasteiger partial charge is 0.388 e. The van der Waals surface area contributed by atoms with E-state index in [2.05, 4.69) is 10.2 Å². The van der Waals surface area contributed by atoms with Crippen molar-refractivity contribution in [2.75, 3.05) is 13.7 Å². The van der Waals surface area contributed by atoms with E-state index in [4.69, 9.17) is 9.84 Å². The molecule has 0 radical (unpaired) electrons. The fourth-order valence-corrected chi connectivity index (χ4v) is 1.77. The highest BCUT2D eigenvalue weighted by Gasteiger charge is 2.17. The lowest BCUT2D eigenvalue weighted by Gasteiger charge is -2.09. The second kappa shape index (κ2) is 6.02. The van der Waals surface area contributed by atoms with Crippen LogP contribution in [0.2, 0.25) is 0 Å². The molecule has 0 fully saturated rings. The number of aliphatic hydroxyl groups is 1. The molecular formula is C12H12F3N3O2. The van der Waals surface area contributed by atoms with Crippen LogP contribution < -0.4 is 0 Å². The Labute approximate surface area is 112 Å². The molecule has 8 heteroatoms. The minimum Gasteiger partial charge on any atom is -0.388 e. The average Bonchev–Trinajstić information content (AvgIpc) is 2.84. The molecule has 0 spiro atoms. The Balaban J connectivity index is 2.49. The van der Waals surface area contributed by atoms with Gasteiger partial charge in [-0.1, -0.05) is 0 Å². The van der Waals surface area contributed by atoms with Gasteiger partial charge in [-0.2, -0.15) is 0 Å². The van der Waals surface area contributed by atoms with E-state index in [9.17, 15) is 13.2 Å². The number of hydrogen-bond acceptors (Lipinski definition) is 4. The van der Waals surface area contributed by atoms with Crippen molar-refractivity contribution in [1.29, 1.82) is 0 Å². The number of methoxy groups -OCH3 is 1. The van der Waals surface area contributed by atoms with Crippen molar-refractivity contribution in [3.63, 3.8) is 0 Å². The molecule has 1 N–H and O–H groups in total. The predicted octanol–water partition coefficient (Wildman–Crippen LogP) is 1.50. The summed E-state index contributed by atoms with van der Waals surface area (Å²) >= 11 is 0. The van der Waals surface area contributed by atoms with Gasteiger partial charge in [-0.3, -0.25) is 0 Å². The third-order valence-electron chi connectivity index (χ3n) is 2.73. The predicted molar refractivity (Wildman–Crippen MR) is 63.1 cm³/mol. The molecule has 0 amide bonds. The Morgan fingerprint density at radius 3 is 2.40 bits per heavy atom. The number of nitrogens with zero attached hydrogens (tertiary/aromatic N) is 3. The zero-order valence-electron chi connectivity index (χ0n) is 10.6. The van der Waals surface area contributed by atoms with E-state index in [1.807, 2.05) is 0 Å². The SMILES string of the molecule is COCCn1c(CO)nnc1-c1cc(F)c(F)c(F)c1. The van der Waals surface area contributed by atoms with Gasteiger partial charge < -0.3 is 14.4 Å². The van der Waals surface area contributed by atoms with Crippen molar-refractivity contribution in [2.24, 2.45) is 0 Å². The van der Waals surface area contributed by atoms with Crippen molar-refractivity contribution in [2.45, 2.75) is 13.2 Å². The van der Waals surface area contributed by atoms with Crippen LogP contribution in [0.1, 0.15) is 5.82 Å². The topological polar surface area (TPSA) is 60.2 Å². The van der Waals surface area contributed by atoms with Gasteiger partial charge in [0.2, 0.25) is 0 Å². The molecule has 0 bridgehead atoms. The number of halogens is 3. The van der Waals surface area contributed by atoms with Crippen LogP contribution in [-0.4, -0.2) is 33.6 Å². The summed E-state index contributed by atoms with van der Waals surface area (Å²) in [6, 6.07) is 1.65. The fourth-order valence-electron chi connectivity index (χ4n) is 1.77. The standard InChI is InChI=1S/C12H12F3N3O2/c1-20-3-2-18-10(6-19)16-17-12(18)7-4-8(13)11(15)9(14)5-7/h4-5,19H,2-3,6H2,1H3. The van der Waals surface area contributed by atoms with E-state index in [0.717, 1.165) is 12.1 Å². The van der Waals surface area contributed by atoms with Crippen LogP contribution in [0.25, 0.3) is 11.4 Å². The first-order chi connectivity index (χ1) is 9.58. The molecule has 1 heterocycles.